The largest absolute Gasteiger partial charge is 0.497 e. The van der Waals surface area contributed by atoms with E-state index < -0.39 is 0 Å². The van der Waals surface area contributed by atoms with E-state index in [0.29, 0.717) is 12.1 Å². The number of nitrogens with one attached hydrogen (secondary N) is 1. The Kier molecular flexibility index (Phi) is 6.76. The van der Waals surface area contributed by atoms with Crippen molar-refractivity contribution in [1.82, 2.24) is 9.88 Å². The molecule has 0 radical (unpaired) electrons. The van der Waals surface area contributed by atoms with Crippen molar-refractivity contribution < 1.29 is 9.53 Å². The molecule has 5 nitrogen and oxygen atoms in total. The highest BCUT2D eigenvalue weighted by molar-refractivity contribution is 6.08. The molecule has 0 aliphatic rings. The fourth-order valence-corrected chi connectivity index (χ4v) is 2.99. The maximum absolute atomic E-state index is 12.8. The number of carbonyl (C=O) groups excluding carboxylic acids is 1. The zero-order valence-corrected chi connectivity index (χ0v) is 16.9. The molecule has 0 spiro atoms. The van der Waals surface area contributed by atoms with Crippen molar-refractivity contribution in [2.45, 2.75) is 6.54 Å². The zero-order valence-electron chi connectivity index (χ0n) is 16.9. The van der Waals surface area contributed by atoms with Crippen LogP contribution in [0.5, 0.6) is 5.75 Å². The van der Waals surface area contributed by atoms with Crippen LogP contribution in [-0.4, -0.2) is 36.9 Å². The van der Waals surface area contributed by atoms with E-state index in [1.54, 1.807) is 25.6 Å². The van der Waals surface area contributed by atoms with Crippen LogP contribution in [0.3, 0.4) is 0 Å². The van der Waals surface area contributed by atoms with Crippen LogP contribution in [0.4, 0.5) is 11.4 Å². The molecule has 0 unspecified atom stereocenters. The molecule has 0 atom stereocenters. The summed E-state index contributed by atoms with van der Waals surface area (Å²) in [6, 6.07) is 17.3. The van der Waals surface area contributed by atoms with Gasteiger partial charge in [0.15, 0.2) is 5.78 Å². The molecule has 1 N–H and O–H groups in total. The van der Waals surface area contributed by atoms with Crippen molar-refractivity contribution in [3.63, 3.8) is 0 Å². The zero-order chi connectivity index (χ0) is 20.6. The lowest BCUT2D eigenvalue weighted by atomic mass is 10.0. The molecule has 2 aromatic carbocycles. The topological polar surface area (TPSA) is 54.5 Å². The minimum absolute atomic E-state index is 0.0306. The number of benzene rings is 2. The molecule has 0 saturated carbocycles. The van der Waals surface area contributed by atoms with Crippen LogP contribution in [-0.2, 0) is 6.54 Å². The van der Waals surface area contributed by atoms with Crippen molar-refractivity contribution in [1.29, 1.82) is 0 Å². The van der Waals surface area contributed by atoms with Crippen LogP contribution >= 0.6 is 0 Å². The molecule has 0 amide bonds. The van der Waals surface area contributed by atoms with Crippen LogP contribution in [0.1, 0.15) is 21.5 Å². The number of ether oxygens (including phenoxy) is 1. The molecule has 0 aliphatic heterocycles. The van der Waals surface area contributed by atoms with Gasteiger partial charge in [0.2, 0.25) is 0 Å². The molecular formula is C24H25N3O2. The summed E-state index contributed by atoms with van der Waals surface area (Å²) < 4.78 is 5.30. The number of hydrogen-bond donors (Lipinski definition) is 1. The fraction of sp³-hybridized carbons (Fsp3) is 0.167. The number of aromatic nitrogens is 1. The molecule has 29 heavy (non-hydrogen) atoms. The quantitative estimate of drug-likeness (QED) is 0.445. The van der Waals surface area contributed by atoms with E-state index in [-0.39, 0.29) is 5.78 Å². The Balaban J connectivity index is 1.78. The molecule has 0 bridgehead atoms. The predicted molar refractivity (Wildman–Crippen MR) is 118 cm³/mol. The Morgan fingerprint density at radius 1 is 1.07 bits per heavy atom. The van der Waals surface area contributed by atoms with Gasteiger partial charge in [-0.3, -0.25) is 9.78 Å². The second-order valence-corrected chi connectivity index (χ2v) is 6.94. The van der Waals surface area contributed by atoms with Gasteiger partial charge in [0, 0.05) is 35.9 Å². The van der Waals surface area contributed by atoms with E-state index in [1.165, 1.54) is 0 Å². The second kappa shape index (κ2) is 9.66. The molecular weight excluding hydrogens is 362 g/mol. The van der Waals surface area contributed by atoms with Crippen molar-refractivity contribution in [2.24, 2.45) is 0 Å². The number of ketones is 1. The number of allylic oxidation sites excluding steroid dienone is 1. The maximum atomic E-state index is 12.8. The molecule has 1 heterocycles. The monoisotopic (exact) mass is 387 g/mol. The Morgan fingerprint density at radius 3 is 2.59 bits per heavy atom. The summed E-state index contributed by atoms with van der Waals surface area (Å²) in [7, 11) is 5.58. The Bertz CT molecular complexity index is 998. The third-order valence-corrected chi connectivity index (χ3v) is 4.35. The van der Waals surface area contributed by atoms with Gasteiger partial charge in [-0.2, -0.15) is 0 Å². The van der Waals surface area contributed by atoms with E-state index in [1.807, 2.05) is 79.7 Å². The Morgan fingerprint density at radius 2 is 1.86 bits per heavy atom. The van der Waals surface area contributed by atoms with Gasteiger partial charge in [-0.1, -0.05) is 18.2 Å². The molecule has 3 aromatic rings. The predicted octanol–water partition coefficient (Wildman–Crippen LogP) is 4.79. The van der Waals surface area contributed by atoms with Gasteiger partial charge in [0.1, 0.15) is 5.75 Å². The summed E-state index contributed by atoms with van der Waals surface area (Å²) in [6.45, 7) is 0.664. The number of methoxy groups -OCH3 is 1. The maximum Gasteiger partial charge on any atom is 0.186 e. The van der Waals surface area contributed by atoms with Crippen LogP contribution in [0, 0.1) is 0 Å². The number of hydrogen-bond acceptors (Lipinski definition) is 5. The lowest BCUT2D eigenvalue weighted by Gasteiger charge is -2.14. The van der Waals surface area contributed by atoms with Crippen LogP contribution in [0.25, 0.3) is 6.08 Å². The number of pyridine rings is 1. The molecule has 1 aromatic heterocycles. The minimum Gasteiger partial charge on any atom is -0.497 e. The summed E-state index contributed by atoms with van der Waals surface area (Å²) in [5.41, 5.74) is 4.48. The summed E-state index contributed by atoms with van der Waals surface area (Å²) in [6.07, 6.45) is 6.94. The van der Waals surface area contributed by atoms with Gasteiger partial charge >= 0.3 is 0 Å². The van der Waals surface area contributed by atoms with Crippen LogP contribution in [0.2, 0.25) is 0 Å². The van der Waals surface area contributed by atoms with Gasteiger partial charge in [-0.05, 0) is 73.8 Å². The first kappa shape index (κ1) is 20.3. The van der Waals surface area contributed by atoms with Gasteiger partial charge in [-0.15, -0.1) is 0 Å². The number of rotatable bonds is 8. The van der Waals surface area contributed by atoms with E-state index in [9.17, 15) is 4.79 Å². The van der Waals surface area contributed by atoms with Crippen molar-refractivity contribution in [2.75, 3.05) is 26.5 Å². The summed E-state index contributed by atoms with van der Waals surface area (Å²) in [5.74, 6) is 0.717. The highest BCUT2D eigenvalue weighted by Gasteiger charge is 2.11. The molecule has 0 fully saturated rings. The molecule has 5 heteroatoms. The third kappa shape index (κ3) is 5.77. The van der Waals surface area contributed by atoms with Crippen LogP contribution in [0.15, 0.2) is 73.1 Å². The normalized spacial score (nSPS) is 11.0. The van der Waals surface area contributed by atoms with E-state index in [0.717, 1.165) is 28.3 Å². The standard InChI is InChI=1S/C24H25N3O2/c1-27(2)17-19-16-22(29-3)8-9-23(19)24(28)10-7-18-5-4-6-21(15-18)26-20-11-13-25-14-12-20/h4-16H,17H2,1-3H3,(H,25,26). The third-order valence-electron chi connectivity index (χ3n) is 4.35. The number of anilines is 2. The lowest BCUT2D eigenvalue weighted by molar-refractivity contribution is 0.104. The lowest BCUT2D eigenvalue weighted by Crippen LogP contribution is -2.14. The summed E-state index contributed by atoms with van der Waals surface area (Å²) in [5, 5.41) is 3.33. The first-order chi connectivity index (χ1) is 14.0. The number of carbonyl (C=O) groups is 1. The van der Waals surface area contributed by atoms with Crippen molar-refractivity contribution in [3.8, 4) is 5.75 Å². The first-order valence-corrected chi connectivity index (χ1v) is 9.36. The highest BCUT2D eigenvalue weighted by Crippen LogP contribution is 2.21. The Labute approximate surface area is 171 Å². The first-order valence-electron chi connectivity index (χ1n) is 9.36. The molecule has 3 rings (SSSR count). The van der Waals surface area contributed by atoms with E-state index >= 15 is 0 Å². The molecule has 0 saturated heterocycles. The van der Waals surface area contributed by atoms with E-state index in [4.69, 9.17) is 4.74 Å². The highest BCUT2D eigenvalue weighted by atomic mass is 16.5. The summed E-state index contributed by atoms with van der Waals surface area (Å²) in [4.78, 5) is 18.9. The molecule has 0 aliphatic carbocycles. The SMILES string of the molecule is COc1ccc(C(=O)C=Cc2cccc(Nc3ccncc3)c2)c(CN(C)C)c1. The molecule has 148 valence electrons. The van der Waals surface area contributed by atoms with Crippen LogP contribution < -0.4 is 10.1 Å². The smallest absolute Gasteiger partial charge is 0.186 e. The fourth-order valence-electron chi connectivity index (χ4n) is 2.99. The van der Waals surface area contributed by atoms with Crippen molar-refractivity contribution in [3.05, 3.63) is 89.8 Å². The van der Waals surface area contributed by atoms with Gasteiger partial charge in [0.05, 0.1) is 7.11 Å². The van der Waals surface area contributed by atoms with Gasteiger partial charge in [-0.25, -0.2) is 0 Å². The average Bonchev–Trinajstić information content (AvgIpc) is 2.72. The van der Waals surface area contributed by atoms with Gasteiger partial charge in [0.25, 0.3) is 0 Å². The average molecular weight is 387 g/mol. The second-order valence-electron chi connectivity index (χ2n) is 6.94. The number of nitrogens with zero attached hydrogens (tertiary/aromatic N) is 2. The van der Waals surface area contributed by atoms with Crippen molar-refractivity contribution >= 4 is 23.2 Å². The van der Waals surface area contributed by atoms with Gasteiger partial charge < -0.3 is 15.0 Å². The minimum atomic E-state index is -0.0306. The van der Waals surface area contributed by atoms with E-state index in [2.05, 4.69) is 10.3 Å². The Hall–Kier alpha value is -3.44. The summed E-state index contributed by atoms with van der Waals surface area (Å²) >= 11 is 0.